The quantitative estimate of drug-likeness (QED) is 0.826. The number of carbonyl (C=O) groups is 1. The molecule has 0 unspecified atom stereocenters. The molecular weight excluding hydrogens is 357 g/mol. The molecule has 134 valence electrons. The second kappa shape index (κ2) is 7.74. The fraction of sp³-hybridized carbons (Fsp3) is 0.294. The maximum absolute atomic E-state index is 12.6. The van der Waals surface area contributed by atoms with E-state index in [1.807, 2.05) is 13.8 Å². The van der Waals surface area contributed by atoms with E-state index in [2.05, 4.69) is 10.3 Å². The van der Waals surface area contributed by atoms with Crippen LogP contribution in [0.5, 0.6) is 5.75 Å². The lowest BCUT2D eigenvalue weighted by Gasteiger charge is -2.12. The third-order valence-electron chi connectivity index (χ3n) is 3.06. The van der Waals surface area contributed by atoms with Gasteiger partial charge in [0.05, 0.1) is 28.8 Å². The van der Waals surface area contributed by atoms with E-state index in [-0.39, 0.29) is 23.2 Å². The molecular formula is C17H16ClF3N2O2. The number of carbonyl (C=O) groups excluding carboxylic acids is 1. The SMILES string of the molecule is CC(C)Oc1cccc(NC(=O)Cc2ncc(C(F)(F)F)cc2Cl)c1. The summed E-state index contributed by atoms with van der Waals surface area (Å²) in [5.74, 6) is 0.148. The molecule has 1 aromatic heterocycles. The van der Waals surface area contributed by atoms with Gasteiger partial charge in [0.15, 0.2) is 0 Å². The van der Waals surface area contributed by atoms with Crippen molar-refractivity contribution in [2.45, 2.75) is 32.5 Å². The normalized spacial score (nSPS) is 11.5. The zero-order valence-corrected chi connectivity index (χ0v) is 14.3. The molecule has 1 heterocycles. The number of alkyl halides is 3. The first-order valence-electron chi connectivity index (χ1n) is 7.43. The van der Waals surface area contributed by atoms with Gasteiger partial charge in [-0.3, -0.25) is 9.78 Å². The van der Waals surface area contributed by atoms with Crippen molar-refractivity contribution in [1.82, 2.24) is 4.98 Å². The van der Waals surface area contributed by atoms with E-state index in [1.54, 1.807) is 24.3 Å². The fourth-order valence-electron chi connectivity index (χ4n) is 2.03. The summed E-state index contributed by atoms with van der Waals surface area (Å²) in [7, 11) is 0. The van der Waals surface area contributed by atoms with E-state index in [1.165, 1.54) is 0 Å². The topological polar surface area (TPSA) is 51.2 Å². The minimum Gasteiger partial charge on any atom is -0.491 e. The second-order valence-electron chi connectivity index (χ2n) is 5.57. The van der Waals surface area contributed by atoms with Crippen molar-refractivity contribution >= 4 is 23.2 Å². The molecule has 0 fully saturated rings. The van der Waals surface area contributed by atoms with Crippen molar-refractivity contribution in [1.29, 1.82) is 0 Å². The van der Waals surface area contributed by atoms with E-state index in [0.29, 0.717) is 17.6 Å². The van der Waals surface area contributed by atoms with Crippen molar-refractivity contribution in [2.24, 2.45) is 0 Å². The third-order valence-corrected chi connectivity index (χ3v) is 3.39. The zero-order valence-electron chi connectivity index (χ0n) is 13.5. The van der Waals surface area contributed by atoms with Crippen molar-refractivity contribution in [3.63, 3.8) is 0 Å². The van der Waals surface area contributed by atoms with Crippen molar-refractivity contribution < 1.29 is 22.7 Å². The van der Waals surface area contributed by atoms with Crippen LogP contribution in [0, 0.1) is 0 Å². The Morgan fingerprint density at radius 3 is 2.64 bits per heavy atom. The molecule has 2 rings (SSSR count). The van der Waals surface area contributed by atoms with E-state index >= 15 is 0 Å². The molecule has 0 atom stereocenters. The van der Waals surface area contributed by atoms with Crippen LogP contribution in [0.25, 0.3) is 0 Å². The Bertz CT molecular complexity index is 764. The number of halogens is 4. The van der Waals surface area contributed by atoms with Crippen LogP contribution in [0.3, 0.4) is 0 Å². The first kappa shape index (κ1) is 19.1. The van der Waals surface area contributed by atoms with Gasteiger partial charge in [-0.05, 0) is 32.0 Å². The third kappa shape index (κ3) is 5.63. The molecule has 25 heavy (non-hydrogen) atoms. The molecule has 0 radical (unpaired) electrons. The Labute approximate surface area is 148 Å². The maximum atomic E-state index is 12.6. The number of amides is 1. The van der Waals surface area contributed by atoms with Crippen LogP contribution in [-0.2, 0) is 17.4 Å². The number of aromatic nitrogens is 1. The Hall–Kier alpha value is -2.28. The largest absolute Gasteiger partial charge is 0.491 e. The summed E-state index contributed by atoms with van der Waals surface area (Å²) < 4.78 is 43.3. The van der Waals surface area contributed by atoms with Crippen LogP contribution in [0.1, 0.15) is 25.1 Å². The molecule has 8 heteroatoms. The molecule has 0 saturated heterocycles. The highest BCUT2D eigenvalue weighted by molar-refractivity contribution is 6.31. The van der Waals surface area contributed by atoms with Gasteiger partial charge in [-0.2, -0.15) is 13.2 Å². The predicted molar refractivity (Wildman–Crippen MR) is 88.8 cm³/mol. The number of nitrogens with one attached hydrogen (secondary N) is 1. The molecule has 4 nitrogen and oxygen atoms in total. The molecule has 1 aromatic carbocycles. The van der Waals surface area contributed by atoms with Crippen LogP contribution in [0.2, 0.25) is 5.02 Å². The van der Waals surface area contributed by atoms with Crippen LogP contribution < -0.4 is 10.1 Å². The summed E-state index contributed by atoms with van der Waals surface area (Å²) in [6.07, 6.45) is -4.13. The van der Waals surface area contributed by atoms with Gasteiger partial charge in [0.25, 0.3) is 0 Å². The average Bonchev–Trinajstić information content (AvgIpc) is 2.47. The van der Waals surface area contributed by atoms with Gasteiger partial charge in [-0.15, -0.1) is 0 Å². The van der Waals surface area contributed by atoms with Gasteiger partial charge in [0.1, 0.15) is 5.75 Å². The lowest BCUT2D eigenvalue weighted by atomic mass is 10.2. The van der Waals surface area contributed by atoms with Crippen molar-refractivity contribution in [3.05, 3.63) is 52.8 Å². The van der Waals surface area contributed by atoms with E-state index in [4.69, 9.17) is 16.3 Å². The van der Waals surface area contributed by atoms with Gasteiger partial charge < -0.3 is 10.1 Å². The van der Waals surface area contributed by atoms with Crippen LogP contribution in [-0.4, -0.2) is 17.0 Å². The second-order valence-corrected chi connectivity index (χ2v) is 5.98. The Morgan fingerprint density at radius 2 is 2.04 bits per heavy atom. The molecule has 0 aliphatic carbocycles. The van der Waals surface area contributed by atoms with Crippen molar-refractivity contribution in [2.75, 3.05) is 5.32 Å². The number of nitrogens with zero attached hydrogens (tertiary/aromatic N) is 1. The molecule has 0 aliphatic heterocycles. The molecule has 1 N–H and O–H groups in total. The number of pyridine rings is 1. The minimum absolute atomic E-state index is 0.0129. The Balaban J connectivity index is 2.05. The predicted octanol–water partition coefficient (Wildman–Crippen LogP) is 4.72. The lowest BCUT2D eigenvalue weighted by Crippen LogP contribution is -2.16. The van der Waals surface area contributed by atoms with Gasteiger partial charge in [-0.1, -0.05) is 17.7 Å². The minimum atomic E-state index is -4.53. The summed E-state index contributed by atoms with van der Waals surface area (Å²) in [5.41, 5.74) is -0.381. The average molecular weight is 373 g/mol. The molecule has 1 amide bonds. The Morgan fingerprint density at radius 1 is 1.32 bits per heavy atom. The molecule has 2 aromatic rings. The first-order chi connectivity index (χ1) is 11.6. The molecule has 0 spiro atoms. The van der Waals surface area contributed by atoms with Crippen LogP contribution >= 0.6 is 11.6 Å². The highest BCUT2D eigenvalue weighted by atomic mass is 35.5. The van der Waals surface area contributed by atoms with Crippen LogP contribution in [0.4, 0.5) is 18.9 Å². The monoisotopic (exact) mass is 372 g/mol. The first-order valence-corrected chi connectivity index (χ1v) is 7.81. The summed E-state index contributed by atoms with van der Waals surface area (Å²) in [6, 6.07) is 7.56. The summed E-state index contributed by atoms with van der Waals surface area (Å²) in [6.45, 7) is 3.76. The number of ether oxygens (including phenoxy) is 1. The van der Waals surface area contributed by atoms with Gasteiger partial charge in [0.2, 0.25) is 5.91 Å². The number of anilines is 1. The number of benzene rings is 1. The summed E-state index contributed by atoms with van der Waals surface area (Å²) in [4.78, 5) is 15.7. The summed E-state index contributed by atoms with van der Waals surface area (Å²) in [5, 5.41) is 2.43. The van der Waals surface area contributed by atoms with E-state index in [0.717, 1.165) is 6.07 Å². The maximum Gasteiger partial charge on any atom is 0.417 e. The fourth-order valence-corrected chi connectivity index (χ4v) is 2.26. The standard InChI is InChI=1S/C17H16ClF3N2O2/c1-10(2)25-13-5-3-4-12(7-13)23-16(24)8-15-14(18)6-11(9-22-15)17(19,20)21/h3-7,9-10H,8H2,1-2H3,(H,23,24). The molecule has 0 bridgehead atoms. The van der Waals surface area contributed by atoms with Gasteiger partial charge in [0, 0.05) is 18.0 Å². The van der Waals surface area contributed by atoms with Gasteiger partial charge in [-0.25, -0.2) is 0 Å². The number of hydrogen-bond donors (Lipinski definition) is 1. The lowest BCUT2D eigenvalue weighted by molar-refractivity contribution is -0.137. The van der Waals surface area contributed by atoms with Crippen LogP contribution in [0.15, 0.2) is 36.5 Å². The highest BCUT2D eigenvalue weighted by Gasteiger charge is 2.31. The summed E-state index contributed by atoms with van der Waals surface area (Å²) >= 11 is 5.80. The zero-order chi connectivity index (χ0) is 18.6. The van der Waals surface area contributed by atoms with E-state index < -0.39 is 17.6 Å². The van der Waals surface area contributed by atoms with E-state index in [9.17, 15) is 18.0 Å². The number of hydrogen-bond acceptors (Lipinski definition) is 3. The smallest absolute Gasteiger partial charge is 0.417 e. The number of rotatable bonds is 5. The van der Waals surface area contributed by atoms with Crippen molar-refractivity contribution in [3.8, 4) is 5.75 Å². The van der Waals surface area contributed by atoms with Gasteiger partial charge >= 0.3 is 6.18 Å². The Kier molecular flexibility index (Phi) is 5.89. The molecule has 0 saturated carbocycles. The molecule has 0 aliphatic rings. The highest BCUT2D eigenvalue weighted by Crippen LogP contribution is 2.31.